The minimum absolute atomic E-state index is 0.0122. The van der Waals surface area contributed by atoms with Crippen LogP contribution in [-0.2, 0) is 4.79 Å². The number of hydrogen-bond acceptors (Lipinski definition) is 5. The van der Waals surface area contributed by atoms with E-state index in [4.69, 9.17) is 9.26 Å². The number of likely N-dealkylation sites (tertiary alicyclic amines) is 1. The lowest BCUT2D eigenvalue weighted by molar-refractivity contribution is -0.127. The number of aromatic nitrogens is 2. The first-order chi connectivity index (χ1) is 11.7. The topological polar surface area (TPSA) is 68.5 Å². The number of rotatable bonds is 4. The van der Waals surface area contributed by atoms with Gasteiger partial charge in [0.05, 0.1) is 13.0 Å². The van der Waals surface area contributed by atoms with Gasteiger partial charge in [-0.1, -0.05) is 23.4 Å². The van der Waals surface area contributed by atoms with Gasteiger partial charge < -0.3 is 14.2 Å². The third-order valence-corrected chi connectivity index (χ3v) is 4.17. The number of aryl methyl sites for hydroxylation is 1. The standard InChI is InChI=1S/C18H21N3O3/c1-13-19-18(24-20-13)15-7-5-11-21(12-15)17(22)10-9-14-6-3-4-8-16(14)23-2/h3-4,6,8-10,15H,5,7,11-12H2,1-2H3/b10-9+. The molecule has 1 aromatic heterocycles. The van der Waals surface area contributed by atoms with E-state index < -0.39 is 0 Å². The normalized spacial score (nSPS) is 18.1. The van der Waals surface area contributed by atoms with E-state index in [-0.39, 0.29) is 11.8 Å². The van der Waals surface area contributed by atoms with E-state index in [1.807, 2.05) is 29.2 Å². The SMILES string of the molecule is COc1ccccc1/C=C/C(=O)N1CCCC(c2nc(C)no2)C1. The van der Waals surface area contributed by atoms with Gasteiger partial charge in [-0.05, 0) is 31.9 Å². The number of carbonyl (C=O) groups excluding carboxylic acids is 1. The molecule has 1 aliphatic rings. The van der Waals surface area contributed by atoms with Crippen LogP contribution in [-0.4, -0.2) is 41.1 Å². The zero-order valence-electron chi connectivity index (χ0n) is 13.9. The molecule has 1 aliphatic heterocycles. The van der Waals surface area contributed by atoms with Crippen molar-refractivity contribution in [2.75, 3.05) is 20.2 Å². The molecule has 6 heteroatoms. The Kier molecular flexibility index (Phi) is 4.93. The molecule has 0 bridgehead atoms. The van der Waals surface area contributed by atoms with Crippen molar-refractivity contribution >= 4 is 12.0 Å². The van der Waals surface area contributed by atoms with Crippen molar-refractivity contribution < 1.29 is 14.1 Å². The first-order valence-electron chi connectivity index (χ1n) is 8.07. The number of amides is 1. The number of para-hydroxylation sites is 1. The molecule has 0 radical (unpaired) electrons. The van der Waals surface area contributed by atoms with Gasteiger partial charge in [0.25, 0.3) is 0 Å². The molecule has 3 rings (SSSR count). The molecule has 1 atom stereocenters. The molecule has 1 unspecified atom stereocenters. The Bertz CT molecular complexity index is 739. The lowest BCUT2D eigenvalue weighted by Crippen LogP contribution is -2.38. The van der Waals surface area contributed by atoms with Crippen LogP contribution in [0.15, 0.2) is 34.9 Å². The van der Waals surface area contributed by atoms with Gasteiger partial charge in [0, 0.05) is 24.7 Å². The van der Waals surface area contributed by atoms with Gasteiger partial charge in [-0.2, -0.15) is 4.98 Å². The summed E-state index contributed by atoms with van der Waals surface area (Å²) < 4.78 is 10.6. The van der Waals surface area contributed by atoms with Crippen LogP contribution in [0.3, 0.4) is 0 Å². The molecule has 2 heterocycles. The zero-order valence-corrected chi connectivity index (χ0v) is 13.9. The summed E-state index contributed by atoms with van der Waals surface area (Å²) in [6.07, 6.45) is 5.28. The molecule has 0 N–H and O–H groups in total. The smallest absolute Gasteiger partial charge is 0.246 e. The molecule has 0 spiro atoms. The molecular formula is C18H21N3O3. The fourth-order valence-corrected chi connectivity index (χ4v) is 2.93. The van der Waals surface area contributed by atoms with Crippen LogP contribution < -0.4 is 4.74 Å². The van der Waals surface area contributed by atoms with E-state index in [0.29, 0.717) is 18.3 Å². The summed E-state index contributed by atoms with van der Waals surface area (Å²) in [6.45, 7) is 3.16. The lowest BCUT2D eigenvalue weighted by Gasteiger charge is -2.30. The highest BCUT2D eigenvalue weighted by atomic mass is 16.5. The van der Waals surface area contributed by atoms with Crippen molar-refractivity contribution in [2.24, 2.45) is 0 Å². The maximum absolute atomic E-state index is 12.5. The summed E-state index contributed by atoms with van der Waals surface area (Å²) >= 11 is 0. The van der Waals surface area contributed by atoms with Gasteiger partial charge in [0.2, 0.25) is 11.8 Å². The Morgan fingerprint density at radius 3 is 3.00 bits per heavy atom. The summed E-state index contributed by atoms with van der Waals surface area (Å²) in [5.41, 5.74) is 0.884. The number of ether oxygens (including phenoxy) is 1. The van der Waals surface area contributed by atoms with Crippen LogP contribution in [0.5, 0.6) is 5.75 Å². The van der Waals surface area contributed by atoms with Crippen molar-refractivity contribution in [2.45, 2.75) is 25.7 Å². The number of methoxy groups -OCH3 is 1. The predicted octanol–water partition coefficient (Wildman–Crippen LogP) is 2.81. The van der Waals surface area contributed by atoms with E-state index >= 15 is 0 Å². The summed E-state index contributed by atoms with van der Waals surface area (Å²) in [4.78, 5) is 18.6. The maximum atomic E-state index is 12.5. The number of nitrogens with zero attached hydrogens (tertiary/aromatic N) is 3. The van der Waals surface area contributed by atoms with E-state index in [9.17, 15) is 4.79 Å². The van der Waals surface area contributed by atoms with E-state index in [1.54, 1.807) is 26.2 Å². The molecule has 1 fully saturated rings. The quantitative estimate of drug-likeness (QED) is 0.808. The van der Waals surface area contributed by atoms with Gasteiger partial charge in [0.15, 0.2) is 5.82 Å². The molecule has 1 amide bonds. The van der Waals surface area contributed by atoms with Crippen LogP contribution in [0.2, 0.25) is 0 Å². The molecule has 1 aromatic carbocycles. The van der Waals surface area contributed by atoms with Crippen molar-refractivity contribution in [3.8, 4) is 5.75 Å². The van der Waals surface area contributed by atoms with Gasteiger partial charge in [-0.3, -0.25) is 4.79 Å². The minimum Gasteiger partial charge on any atom is -0.496 e. The van der Waals surface area contributed by atoms with Crippen molar-refractivity contribution in [1.29, 1.82) is 0 Å². The fourth-order valence-electron chi connectivity index (χ4n) is 2.93. The first-order valence-corrected chi connectivity index (χ1v) is 8.07. The Morgan fingerprint density at radius 1 is 1.42 bits per heavy atom. The average molecular weight is 327 g/mol. The van der Waals surface area contributed by atoms with Gasteiger partial charge in [-0.25, -0.2) is 0 Å². The molecule has 0 aliphatic carbocycles. The second-order valence-corrected chi connectivity index (χ2v) is 5.88. The molecule has 1 saturated heterocycles. The average Bonchev–Trinajstić information content (AvgIpc) is 3.06. The Labute approximate surface area is 141 Å². The highest BCUT2D eigenvalue weighted by Gasteiger charge is 2.27. The Hall–Kier alpha value is -2.63. The van der Waals surface area contributed by atoms with Gasteiger partial charge in [0.1, 0.15) is 5.75 Å². The van der Waals surface area contributed by atoms with E-state index in [2.05, 4.69) is 10.1 Å². The summed E-state index contributed by atoms with van der Waals surface area (Å²) in [5, 5.41) is 3.84. The van der Waals surface area contributed by atoms with Crippen molar-refractivity contribution in [3.63, 3.8) is 0 Å². The van der Waals surface area contributed by atoms with Crippen molar-refractivity contribution in [3.05, 3.63) is 47.6 Å². The molecule has 126 valence electrons. The molecule has 0 saturated carbocycles. The number of hydrogen-bond donors (Lipinski definition) is 0. The summed E-state index contributed by atoms with van der Waals surface area (Å²) in [5.74, 6) is 2.10. The summed E-state index contributed by atoms with van der Waals surface area (Å²) in [6, 6.07) is 7.61. The first kappa shape index (κ1) is 16.2. The molecule has 24 heavy (non-hydrogen) atoms. The third-order valence-electron chi connectivity index (χ3n) is 4.17. The minimum atomic E-state index is -0.0122. The van der Waals surface area contributed by atoms with Gasteiger partial charge in [-0.15, -0.1) is 0 Å². The third kappa shape index (κ3) is 3.64. The maximum Gasteiger partial charge on any atom is 0.246 e. The largest absolute Gasteiger partial charge is 0.496 e. The van der Waals surface area contributed by atoms with Crippen LogP contribution in [0, 0.1) is 6.92 Å². The fraction of sp³-hybridized carbons (Fsp3) is 0.389. The monoisotopic (exact) mass is 327 g/mol. The van der Waals surface area contributed by atoms with E-state index in [0.717, 1.165) is 30.7 Å². The van der Waals surface area contributed by atoms with E-state index in [1.165, 1.54) is 0 Å². The highest BCUT2D eigenvalue weighted by molar-refractivity contribution is 5.92. The van der Waals surface area contributed by atoms with Crippen molar-refractivity contribution in [1.82, 2.24) is 15.0 Å². The molecule has 6 nitrogen and oxygen atoms in total. The summed E-state index contributed by atoms with van der Waals surface area (Å²) in [7, 11) is 1.62. The number of piperidine rings is 1. The Morgan fingerprint density at radius 2 is 2.25 bits per heavy atom. The second kappa shape index (κ2) is 7.29. The number of carbonyl (C=O) groups is 1. The zero-order chi connectivity index (χ0) is 16.9. The van der Waals surface area contributed by atoms with Crippen LogP contribution in [0.25, 0.3) is 6.08 Å². The second-order valence-electron chi connectivity index (χ2n) is 5.88. The molecule has 2 aromatic rings. The van der Waals surface area contributed by atoms with Crippen LogP contribution >= 0.6 is 0 Å². The van der Waals surface area contributed by atoms with Crippen LogP contribution in [0.1, 0.15) is 36.0 Å². The predicted molar refractivity (Wildman–Crippen MR) is 89.6 cm³/mol. The van der Waals surface area contributed by atoms with Crippen LogP contribution in [0.4, 0.5) is 0 Å². The number of benzene rings is 1. The molecular weight excluding hydrogens is 306 g/mol. The van der Waals surface area contributed by atoms with Gasteiger partial charge >= 0.3 is 0 Å². The lowest BCUT2D eigenvalue weighted by atomic mass is 9.98. The Balaban J connectivity index is 1.67. The highest BCUT2D eigenvalue weighted by Crippen LogP contribution is 2.26.